The van der Waals surface area contributed by atoms with Gasteiger partial charge < -0.3 is 0 Å². The van der Waals surface area contributed by atoms with Crippen LogP contribution in [0.15, 0.2) is 39.9 Å². The van der Waals surface area contributed by atoms with Crippen LogP contribution in [0.25, 0.3) is 0 Å². The summed E-state index contributed by atoms with van der Waals surface area (Å²) in [6.07, 6.45) is 3.35. The fourth-order valence-corrected chi connectivity index (χ4v) is 2.79. The van der Waals surface area contributed by atoms with Gasteiger partial charge >= 0.3 is 0 Å². The van der Waals surface area contributed by atoms with Crippen molar-refractivity contribution in [3.05, 3.63) is 46.0 Å². The number of amides is 1. The lowest BCUT2D eigenvalue weighted by molar-refractivity contribution is -0.123. The maximum Gasteiger partial charge on any atom is 0.244 e. The van der Waals surface area contributed by atoms with Crippen molar-refractivity contribution in [1.82, 2.24) is 5.43 Å². The Kier molecular flexibility index (Phi) is 4.74. The Bertz CT molecular complexity index is 587. The first-order valence-electron chi connectivity index (χ1n) is 6.75. The fourth-order valence-electron chi connectivity index (χ4n) is 2.52. The molecule has 2 atom stereocenters. The van der Waals surface area contributed by atoms with Crippen molar-refractivity contribution in [3.63, 3.8) is 0 Å². The standard InChI is InChI=1S/C16H18Cl2N2O/c1-10-4-6-11(7-5-10)9-19-20-15(21)14-12(8-13(17)18)16(14,2)3/h4-9,12,14H,1-3H3,(H,20,21)/b19-9-/t12-,14+/m0/s1. The highest BCUT2D eigenvalue weighted by molar-refractivity contribution is 6.55. The lowest BCUT2D eigenvalue weighted by atomic mass is 10.1. The predicted molar refractivity (Wildman–Crippen MR) is 87.5 cm³/mol. The lowest BCUT2D eigenvalue weighted by Crippen LogP contribution is -2.21. The zero-order valence-corrected chi connectivity index (χ0v) is 13.7. The van der Waals surface area contributed by atoms with Gasteiger partial charge in [-0.25, -0.2) is 5.43 Å². The van der Waals surface area contributed by atoms with Crippen molar-refractivity contribution in [1.29, 1.82) is 0 Å². The fraction of sp³-hybridized carbons (Fsp3) is 0.375. The first-order valence-corrected chi connectivity index (χ1v) is 7.50. The summed E-state index contributed by atoms with van der Waals surface area (Å²) in [5.41, 5.74) is 4.57. The van der Waals surface area contributed by atoms with E-state index in [2.05, 4.69) is 10.5 Å². The zero-order valence-electron chi connectivity index (χ0n) is 12.2. The van der Waals surface area contributed by atoms with E-state index in [1.807, 2.05) is 45.0 Å². The van der Waals surface area contributed by atoms with Gasteiger partial charge in [0.2, 0.25) is 5.91 Å². The van der Waals surface area contributed by atoms with Gasteiger partial charge in [-0.2, -0.15) is 5.10 Å². The van der Waals surface area contributed by atoms with Gasteiger partial charge in [0, 0.05) is 0 Å². The number of allylic oxidation sites excluding steroid dienone is 1. The van der Waals surface area contributed by atoms with Crippen molar-refractivity contribution in [3.8, 4) is 0 Å². The Labute approximate surface area is 135 Å². The van der Waals surface area contributed by atoms with Gasteiger partial charge in [-0.05, 0) is 29.9 Å². The van der Waals surface area contributed by atoms with E-state index in [0.717, 1.165) is 5.56 Å². The summed E-state index contributed by atoms with van der Waals surface area (Å²) in [7, 11) is 0. The van der Waals surface area contributed by atoms with E-state index in [0.29, 0.717) is 0 Å². The smallest absolute Gasteiger partial charge is 0.244 e. The second-order valence-corrected chi connectivity index (χ2v) is 6.93. The van der Waals surface area contributed by atoms with E-state index in [4.69, 9.17) is 23.2 Å². The molecule has 1 aliphatic carbocycles. The number of benzene rings is 1. The van der Waals surface area contributed by atoms with Crippen LogP contribution in [-0.2, 0) is 4.79 Å². The highest BCUT2D eigenvalue weighted by Gasteiger charge is 2.60. The molecule has 0 heterocycles. The average Bonchev–Trinajstić information content (AvgIpc) is 2.92. The summed E-state index contributed by atoms with van der Waals surface area (Å²) >= 11 is 11.3. The first-order chi connectivity index (χ1) is 9.82. The second kappa shape index (κ2) is 6.20. The van der Waals surface area contributed by atoms with Crippen LogP contribution in [0.2, 0.25) is 0 Å². The number of nitrogens with one attached hydrogen (secondary N) is 1. The monoisotopic (exact) mass is 324 g/mol. The van der Waals surface area contributed by atoms with Crippen LogP contribution in [0, 0.1) is 24.2 Å². The molecule has 2 rings (SSSR count). The van der Waals surface area contributed by atoms with Crippen molar-refractivity contribution < 1.29 is 4.79 Å². The van der Waals surface area contributed by atoms with E-state index >= 15 is 0 Å². The molecule has 1 aliphatic rings. The quantitative estimate of drug-likeness (QED) is 0.659. The van der Waals surface area contributed by atoms with E-state index < -0.39 is 0 Å². The molecule has 112 valence electrons. The van der Waals surface area contributed by atoms with Crippen LogP contribution >= 0.6 is 23.2 Å². The normalized spacial score (nSPS) is 22.9. The topological polar surface area (TPSA) is 41.5 Å². The largest absolute Gasteiger partial charge is 0.273 e. The molecule has 21 heavy (non-hydrogen) atoms. The molecule has 0 bridgehead atoms. The van der Waals surface area contributed by atoms with Crippen LogP contribution in [0.5, 0.6) is 0 Å². The summed E-state index contributed by atoms with van der Waals surface area (Å²) in [6.45, 7) is 6.05. The molecule has 0 unspecified atom stereocenters. The van der Waals surface area contributed by atoms with Gasteiger partial charge in [0.25, 0.3) is 0 Å². The van der Waals surface area contributed by atoms with E-state index in [9.17, 15) is 4.79 Å². The van der Waals surface area contributed by atoms with E-state index in [-0.39, 0.29) is 27.6 Å². The number of hydrogen-bond donors (Lipinski definition) is 1. The molecule has 5 heteroatoms. The number of rotatable bonds is 4. The maximum absolute atomic E-state index is 12.1. The number of carbonyl (C=O) groups is 1. The highest BCUT2D eigenvalue weighted by Crippen LogP contribution is 2.59. The molecule has 0 aliphatic heterocycles. The number of hydrazone groups is 1. The van der Waals surface area contributed by atoms with Crippen molar-refractivity contribution >= 4 is 35.3 Å². The van der Waals surface area contributed by atoms with Crippen molar-refractivity contribution in [2.45, 2.75) is 20.8 Å². The molecule has 0 saturated heterocycles. The number of hydrogen-bond acceptors (Lipinski definition) is 2. The van der Waals surface area contributed by atoms with Crippen LogP contribution in [0.3, 0.4) is 0 Å². The Hall–Kier alpha value is -1.32. The molecule has 1 aromatic rings. The minimum absolute atomic E-state index is 0.0528. The van der Waals surface area contributed by atoms with Gasteiger partial charge in [-0.3, -0.25) is 4.79 Å². The third-order valence-corrected chi connectivity index (χ3v) is 4.22. The second-order valence-electron chi connectivity index (χ2n) is 5.93. The number of halogens is 2. The van der Waals surface area contributed by atoms with Gasteiger partial charge in [0.15, 0.2) is 0 Å². The molecule has 1 amide bonds. The van der Waals surface area contributed by atoms with Crippen molar-refractivity contribution in [2.24, 2.45) is 22.4 Å². The molecule has 1 saturated carbocycles. The molecule has 1 fully saturated rings. The molecule has 1 aromatic carbocycles. The Morgan fingerprint density at radius 3 is 2.48 bits per heavy atom. The number of aryl methyl sites for hydroxylation is 1. The zero-order chi connectivity index (χ0) is 15.6. The van der Waals surface area contributed by atoms with Crippen LogP contribution in [0.1, 0.15) is 25.0 Å². The number of nitrogens with zero attached hydrogens (tertiary/aromatic N) is 1. The van der Waals surface area contributed by atoms with Crippen molar-refractivity contribution in [2.75, 3.05) is 0 Å². The third kappa shape index (κ3) is 3.86. The lowest BCUT2D eigenvalue weighted by Gasteiger charge is -2.01. The Morgan fingerprint density at radius 1 is 1.29 bits per heavy atom. The van der Waals surface area contributed by atoms with Gasteiger partial charge in [-0.1, -0.05) is 66.9 Å². The van der Waals surface area contributed by atoms with E-state index in [1.54, 1.807) is 12.3 Å². The van der Waals surface area contributed by atoms with Crippen LogP contribution in [0.4, 0.5) is 0 Å². The summed E-state index contributed by atoms with van der Waals surface area (Å²) in [6, 6.07) is 7.89. The van der Waals surface area contributed by atoms with Gasteiger partial charge in [-0.15, -0.1) is 0 Å². The van der Waals surface area contributed by atoms with Crippen LogP contribution < -0.4 is 5.43 Å². The minimum Gasteiger partial charge on any atom is -0.273 e. The Morgan fingerprint density at radius 2 is 1.90 bits per heavy atom. The van der Waals surface area contributed by atoms with Gasteiger partial charge in [0.05, 0.1) is 12.1 Å². The molecule has 0 radical (unpaired) electrons. The minimum atomic E-state index is -0.153. The Balaban J connectivity index is 1.94. The molecule has 1 N–H and O–H groups in total. The molecular weight excluding hydrogens is 307 g/mol. The summed E-state index contributed by atoms with van der Waals surface area (Å²) < 4.78 is 0.200. The summed E-state index contributed by atoms with van der Waals surface area (Å²) in [5.74, 6) is -0.212. The maximum atomic E-state index is 12.1. The summed E-state index contributed by atoms with van der Waals surface area (Å²) in [5, 5.41) is 4.00. The average molecular weight is 325 g/mol. The molecule has 0 aromatic heterocycles. The molecule has 3 nitrogen and oxygen atoms in total. The SMILES string of the molecule is Cc1ccc(/C=N\NC(=O)[C@H]2[C@H](C=C(Cl)Cl)C2(C)C)cc1. The predicted octanol–water partition coefficient (Wildman–Crippen LogP) is 4.04. The summed E-state index contributed by atoms with van der Waals surface area (Å²) in [4.78, 5) is 12.1. The third-order valence-electron chi connectivity index (χ3n) is 3.96. The number of carbonyl (C=O) groups excluding carboxylic acids is 1. The highest BCUT2D eigenvalue weighted by atomic mass is 35.5. The van der Waals surface area contributed by atoms with Crippen LogP contribution in [-0.4, -0.2) is 12.1 Å². The van der Waals surface area contributed by atoms with Gasteiger partial charge in [0.1, 0.15) is 4.49 Å². The molecule has 0 spiro atoms. The molecular formula is C16H18Cl2N2O. The van der Waals surface area contributed by atoms with E-state index in [1.165, 1.54) is 5.56 Å². The first kappa shape index (κ1) is 16.1.